The Morgan fingerprint density at radius 2 is 2.00 bits per heavy atom. The zero-order valence-corrected chi connectivity index (χ0v) is 16.3. The molecule has 0 radical (unpaired) electrons. The Balaban J connectivity index is 3.27. The number of hydrogen-bond donors (Lipinski definition) is 1. The lowest BCUT2D eigenvalue weighted by atomic mass is 10.2. The van der Waals surface area contributed by atoms with Crippen molar-refractivity contribution < 1.29 is 9.53 Å². The van der Waals surface area contributed by atoms with Gasteiger partial charge in [0.2, 0.25) is 0 Å². The van der Waals surface area contributed by atoms with E-state index >= 15 is 0 Å². The Bertz CT molecular complexity index is 652. The lowest BCUT2D eigenvalue weighted by Gasteiger charge is -2.29. The third-order valence-electron chi connectivity index (χ3n) is 2.97. The fraction of sp³-hybridized carbons (Fsp3) is 0.500. The number of nitrogens with zero attached hydrogens (tertiary/aromatic N) is 2. The number of allylic oxidation sites excluding steroid dienone is 4. The molecule has 6 heteroatoms. The van der Waals surface area contributed by atoms with Crippen LogP contribution >= 0.6 is 11.3 Å². The summed E-state index contributed by atoms with van der Waals surface area (Å²) < 4.78 is 5.53. The maximum Gasteiger partial charge on any atom is 0.415 e. The number of nitrogens with one attached hydrogen (secondary N) is 1. The Morgan fingerprint density at radius 3 is 2.46 bits per heavy atom. The Hall–Kier alpha value is -1.95. The number of aryl methyl sites for hydroxylation is 1. The van der Waals surface area contributed by atoms with Crippen LogP contribution in [0.5, 0.6) is 0 Å². The summed E-state index contributed by atoms with van der Waals surface area (Å²) in [6.45, 7) is 13.2. The molecule has 1 N–H and O–H groups in total. The van der Waals surface area contributed by atoms with E-state index in [1.165, 1.54) is 17.6 Å². The van der Waals surface area contributed by atoms with Crippen LogP contribution in [0.15, 0.2) is 18.2 Å². The molecule has 24 heavy (non-hydrogen) atoms. The number of rotatable bonds is 5. The van der Waals surface area contributed by atoms with E-state index in [9.17, 15) is 4.79 Å². The van der Waals surface area contributed by atoms with E-state index in [-0.39, 0.29) is 12.1 Å². The van der Waals surface area contributed by atoms with Crippen LogP contribution in [0, 0.1) is 12.3 Å². The minimum atomic E-state index is -0.558. The van der Waals surface area contributed by atoms with Crippen LogP contribution in [-0.4, -0.2) is 28.9 Å². The number of thiazole rings is 1. The molecule has 0 saturated carbocycles. The van der Waals surface area contributed by atoms with Crippen molar-refractivity contribution in [3.63, 3.8) is 0 Å². The van der Waals surface area contributed by atoms with E-state index in [0.717, 1.165) is 10.7 Å². The molecular formula is C18H27N3O2S. The standard InChI is InChI=1S/C18H27N3O2S/c1-8-9-10-14(11-19)15-20-13(4)16(24-15)21(12(2)3)17(22)23-18(5,6)7/h8-12,19H,1-7H3/b9-8-,14-10+,19-11?. The van der Waals surface area contributed by atoms with Gasteiger partial charge < -0.3 is 10.1 Å². The maximum atomic E-state index is 12.6. The second-order valence-electron chi connectivity index (χ2n) is 6.65. The number of anilines is 1. The molecule has 0 aromatic carbocycles. The molecule has 1 rings (SSSR count). The molecule has 1 aromatic rings. The van der Waals surface area contributed by atoms with Crippen LogP contribution in [0.3, 0.4) is 0 Å². The second-order valence-corrected chi connectivity index (χ2v) is 7.62. The van der Waals surface area contributed by atoms with Gasteiger partial charge in [0.1, 0.15) is 15.6 Å². The van der Waals surface area contributed by atoms with Gasteiger partial charge in [-0.25, -0.2) is 9.78 Å². The molecule has 0 unspecified atom stereocenters. The van der Waals surface area contributed by atoms with Gasteiger partial charge in [-0.15, -0.1) is 0 Å². The van der Waals surface area contributed by atoms with Crippen LogP contribution in [0.1, 0.15) is 52.2 Å². The van der Waals surface area contributed by atoms with Gasteiger partial charge in [-0.1, -0.05) is 29.6 Å². The molecule has 1 heterocycles. The molecule has 0 aliphatic rings. The number of aromatic nitrogens is 1. The summed E-state index contributed by atoms with van der Waals surface area (Å²) in [5.74, 6) is 0. The third-order valence-corrected chi connectivity index (χ3v) is 4.17. The van der Waals surface area contributed by atoms with Crippen molar-refractivity contribution in [2.45, 2.75) is 60.1 Å². The molecule has 0 atom stereocenters. The quantitative estimate of drug-likeness (QED) is 0.586. The van der Waals surface area contributed by atoms with E-state index in [0.29, 0.717) is 10.6 Å². The summed E-state index contributed by atoms with van der Waals surface area (Å²) in [6.07, 6.45) is 6.48. The number of hydrogen-bond acceptors (Lipinski definition) is 5. The van der Waals surface area contributed by atoms with Crippen LogP contribution < -0.4 is 4.90 Å². The monoisotopic (exact) mass is 349 g/mol. The van der Waals surface area contributed by atoms with E-state index in [1.807, 2.05) is 66.7 Å². The van der Waals surface area contributed by atoms with Crippen LogP contribution in [-0.2, 0) is 4.74 Å². The van der Waals surface area contributed by atoms with Gasteiger partial charge in [-0.3, -0.25) is 4.90 Å². The van der Waals surface area contributed by atoms with Gasteiger partial charge in [0.15, 0.2) is 0 Å². The molecule has 0 aliphatic carbocycles. The molecular weight excluding hydrogens is 322 g/mol. The third kappa shape index (κ3) is 5.30. The van der Waals surface area contributed by atoms with Crippen molar-refractivity contribution in [3.05, 3.63) is 28.9 Å². The van der Waals surface area contributed by atoms with Crippen LogP contribution in [0.4, 0.5) is 9.80 Å². The smallest absolute Gasteiger partial charge is 0.415 e. The molecule has 1 aromatic heterocycles. The number of carbonyl (C=O) groups is 1. The first-order valence-corrected chi connectivity index (χ1v) is 8.75. The minimum Gasteiger partial charge on any atom is -0.443 e. The molecule has 0 spiro atoms. The minimum absolute atomic E-state index is 0.0604. The predicted molar refractivity (Wildman–Crippen MR) is 102 cm³/mol. The topological polar surface area (TPSA) is 66.3 Å². The van der Waals surface area contributed by atoms with Crippen molar-refractivity contribution >= 4 is 34.2 Å². The average Bonchev–Trinajstić information content (AvgIpc) is 2.79. The second kappa shape index (κ2) is 8.24. The summed E-state index contributed by atoms with van der Waals surface area (Å²) in [6, 6.07) is -0.0604. The van der Waals surface area contributed by atoms with Crippen LogP contribution in [0.2, 0.25) is 0 Å². The summed E-state index contributed by atoms with van der Waals surface area (Å²) >= 11 is 1.39. The van der Waals surface area contributed by atoms with Crippen molar-refractivity contribution in [1.29, 1.82) is 5.41 Å². The lowest BCUT2D eigenvalue weighted by molar-refractivity contribution is 0.0571. The van der Waals surface area contributed by atoms with Crippen molar-refractivity contribution in [2.75, 3.05) is 4.90 Å². The Labute approximate surface area is 148 Å². The molecule has 5 nitrogen and oxygen atoms in total. The van der Waals surface area contributed by atoms with Crippen molar-refractivity contribution in [1.82, 2.24) is 4.98 Å². The van der Waals surface area contributed by atoms with E-state index < -0.39 is 5.60 Å². The van der Waals surface area contributed by atoms with Gasteiger partial charge >= 0.3 is 6.09 Å². The first kappa shape index (κ1) is 20.1. The molecule has 132 valence electrons. The van der Waals surface area contributed by atoms with E-state index in [1.54, 1.807) is 4.90 Å². The van der Waals surface area contributed by atoms with Gasteiger partial charge in [-0.2, -0.15) is 0 Å². The highest BCUT2D eigenvalue weighted by atomic mass is 32.1. The van der Waals surface area contributed by atoms with E-state index in [2.05, 4.69) is 4.98 Å². The van der Waals surface area contributed by atoms with Crippen LogP contribution in [0.25, 0.3) is 5.57 Å². The molecule has 0 saturated heterocycles. The highest BCUT2D eigenvalue weighted by molar-refractivity contribution is 7.17. The first-order valence-electron chi connectivity index (χ1n) is 7.94. The van der Waals surface area contributed by atoms with Gasteiger partial charge in [-0.05, 0) is 48.5 Å². The summed E-state index contributed by atoms with van der Waals surface area (Å²) in [7, 11) is 0. The van der Waals surface area contributed by atoms with Gasteiger partial charge in [0.05, 0.1) is 5.69 Å². The Morgan fingerprint density at radius 1 is 1.38 bits per heavy atom. The molecule has 0 fully saturated rings. The average molecular weight is 350 g/mol. The predicted octanol–water partition coefficient (Wildman–Crippen LogP) is 5.21. The highest BCUT2D eigenvalue weighted by Gasteiger charge is 2.28. The molecule has 1 amide bonds. The summed E-state index contributed by atoms with van der Waals surface area (Å²) in [4.78, 5) is 18.7. The Kier molecular flexibility index (Phi) is 6.90. The highest BCUT2D eigenvalue weighted by Crippen LogP contribution is 2.33. The first-order chi connectivity index (χ1) is 11.1. The molecule has 0 aliphatic heterocycles. The fourth-order valence-electron chi connectivity index (χ4n) is 1.96. The summed E-state index contributed by atoms with van der Waals surface area (Å²) in [5, 5.41) is 9.05. The van der Waals surface area contributed by atoms with Gasteiger partial charge in [0.25, 0.3) is 0 Å². The van der Waals surface area contributed by atoms with Gasteiger partial charge in [0, 0.05) is 17.8 Å². The zero-order chi connectivity index (χ0) is 18.5. The summed E-state index contributed by atoms with van der Waals surface area (Å²) in [5.41, 5.74) is 0.903. The molecule has 0 bridgehead atoms. The lowest BCUT2D eigenvalue weighted by Crippen LogP contribution is -2.41. The SMILES string of the molecule is C/C=C\C=C(/C=N)c1nc(C)c(N(C(=O)OC(C)(C)C)C(C)C)s1. The van der Waals surface area contributed by atoms with E-state index in [4.69, 9.17) is 10.1 Å². The van der Waals surface area contributed by atoms with Crippen molar-refractivity contribution in [2.24, 2.45) is 0 Å². The number of carbonyl (C=O) groups excluding carboxylic acids is 1. The fourth-order valence-corrected chi connectivity index (χ4v) is 3.14. The largest absolute Gasteiger partial charge is 0.443 e. The normalized spacial score (nSPS) is 12.8. The number of ether oxygens (including phenoxy) is 1. The maximum absolute atomic E-state index is 12.6. The number of amides is 1. The zero-order valence-electron chi connectivity index (χ0n) is 15.5. The van der Waals surface area contributed by atoms with Crippen molar-refractivity contribution in [3.8, 4) is 0 Å².